The summed E-state index contributed by atoms with van der Waals surface area (Å²) in [6, 6.07) is 16.1. The molecule has 2 N–H and O–H groups in total. The highest BCUT2D eigenvalue weighted by Crippen LogP contribution is 2.24. The monoisotopic (exact) mass is 364 g/mol. The molecule has 2 aromatic carbocycles. The summed E-state index contributed by atoms with van der Waals surface area (Å²) in [5.41, 5.74) is 2.81. The zero-order valence-electron chi connectivity index (χ0n) is 15.3. The van der Waals surface area contributed by atoms with Crippen molar-refractivity contribution >= 4 is 23.1 Å². The van der Waals surface area contributed by atoms with E-state index in [4.69, 9.17) is 9.47 Å². The number of rotatable bonds is 6. The Kier molecular flexibility index (Phi) is 5.51. The van der Waals surface area contributed by atoms with Crippen LogP contribution >= 0.6 is 0 Å². The van der Waals surface area contributed by atoms with E-state index in [2.05, 4.69) is 20.8 Å². The molecule has 0 spiro atoms. The zero-order valence-corrected chi connectivity index (χ0v) is 15.3. The largest absolute Gasteiger partial charge is 0.497 e. The first-order valence-corrected chi connectivity index (χ1v) is 8.29. The standard InChI is InChI=1S/C20H20N4O3/c1-13-4-9-19(24-23-13)21-15-5-7-16(8-6-15)22-20(25)14-10-17(26-2)12-18(11-14)27-3/h4-12H,1-3H3,(H,21,24)(H,22,25). The molecule has 27 heavy (non-hydrogen) atoms. The van der Waals surface area contributed by atoms with E-state index in [9.17, 15) is 4.79 Å². The predicted molar refractivity (Wildman–Crippen MR) is 104 cm³/mol. The fraction of sp³-hybridized carbons (Fsp3) is 0.150. The van der Waals surface area contributed by atoms with Crippen LogP contribution < -0.4 is 20.1 Å². The second-order valence-electron chi connectivity index (χ2n) is 5.82. The van der Waals surface area contributed by atoms with E-state index in [-0.39, 0.29) is 5.91 Å². The van der Waals surface area contributed by atoms with Crippen LogP contribution in [0.25, 0.3) is 0 Å². The quantitative estimate of drug-likeness (QED) is 0.692. The number of aromatic nitrogens is 2. The Balaban J connectivity index is 1.69. The number of aryl methyl sites for hydroxylation is 1. The van der Waals surface area contributed by atoms with Crippen LogP contribution in [-0.4, -0.2) is 30.3 Å². The van der Waals surface area contributed by atoms with E-state index in [0.717, 1.165) is 11.4 Å². The number of hydrogen-bond acceptors (Lipinski definition) is 6. The Hall–Kier alpha value is -3.61. The number of carbonyl (C=O) groups is 1. The van der Waals surface area contributed by atoms with Crippen molar-refractivity contribution in [2.75, 3.05) is 24.9 Å². The lowest BCUT2D eigenvalue weighted by atomic mass is 10.1. The van der Waals surface area contributed by atoms with E-state index in [0.29, 0.717) is 28.6 Å². The van der Waals surface area contributed by atoms with Gasteiger partial charge in [-0.1, -0.05) is 0 Å². The lowest BCUT2D eigenvalue weighted by molar-refractivity contribution is 0.102. The third-order valence-corrected chi connectivity index (χ3v) is 3.83. The van der Waals surface area contributed by atoms with Crippen LogP contribution in [0, 0.1) is 6.92 Å². The molecule has 7 heteroatoms. The first-order chi connectivity index (χ1) is 13.1. The number of amides is 1. The highest BCUT2D eigenvalue weighted by atomic mass is 16.5. The van der Waals surface area contributed by atoms with Gasteiger partial charge in [-0.25, -0.2) is 0 Å². The minimum atomic E-state index is -0.252. The minimum Gasteiger partial charge on any atom is -0.497 e. The smallest absolute Gasteiger partial charge is 0.255 e. The fourth-order valence-electron chi connectivity index (χ4n) is 2.39. The van der Waals surface area contributed by atoms with Crippen molar-refractivity contribution < 1.29 is 14.3 Å². The Morgan fingerprint density at radius 3 is 2.04 bits per heavy atom. The number of nitrogens with zero attached hydrogens (tertiary/aromatic N) is 2. The number of hydrogen-bond donors (Lipinski definition) is 2. The maximum Gasteiger partial charge on any atom is 0.255 e. The van der Waals surface area contributed by atoms with Crippen LogP contribution in [0.2, 0.25) is 0 Å². The molecule has 0 aliphatic heterocycles. The average molecular weight is 364 g/mol. The van der Waals surface area contributed by atoms with E-state index < -0.39 is 0 Å². The maximum atomic E-state index is 12.5. The number of carbonyl (C=O) groups excluding carboxylic acids is 1. The molecule has 3 aromatic rings. The van der Waals surface area contributed by atoms with Gasteiger partial charge in [-0.3, -0.25) is 4.79 Å². The molecule has 1 heterocycles. The minimum absolute atomic E-state index is 0.252. The van der Waals surface area contributed by atoms with Gasteiger partial charge in [-0.15, -0.1) is 5.10 Å². The summed E-state index contributed by atoms with van der Waals surface area (Å²) in [5.74, 6) is 1.51. The SMILES string of the molecule is COc1cc(OC)cc(C(=O)Nc2ccc(Nc3ccc(C)nn3)cc2)c1. The van der Waals surface area contributed by atoms with Gasteiger partial charge in [0.1, 0.15) is 11.5 Å². The van der Waals surface area contributed by atoms with Gasteiger partial charge in [0, 0.05) is 23.0 Å². The summed E-state index contributed by atoms with van der Waals surface area (Å²) in [4.78, 5) is 12.5. The third-order valence-electron chi connectivity index (χ3n) is 3.83. The highest BCUT2D eigenvalue weighted by Gasteiger charge is 2.10. The van der Waals surface area contributed by atoms with Crippen LogP contribution in [0.1, 0.15) is 16.1 Å². The Morgan fingerprint density at radius 1 is 0.852 bits per heavy atom. The Morgan fingerprint density at radius 2 is 1.48 bits per heavy atom. The first-order valence-electron chi connectivity index (χ1n) is 8.29. The van der Waals surface area contributed by atoms with Crippen molar-refractivity contribution in [3.63, 3.8) is 0 Å². The van der Waals surface area contributed by atoms with Crippen molar-refractivity contribution in [3.8, 4) is 11.5 Å². The van der Waals surface area contributed by atoms with E-state index in [1.54, 1.807) is 44.6 Å². The van der Waals surface area contributed by atoms with Crippen LogP contribution in [-0.2, 0) is 0 Å². The molecule has 0 bridgehead atoms. The van der Waals surface area contributed by atoms with Crippen molar-refractivity contribution in [1.82, 2.24) is 10.2 Å². The number of ether oxygens (including phenoxy) is 2. The van der Waals surface area contributed by atoms with Crippen molar-refractivity contribution in [1.29, 1.82) is 0 Å². The summed E-state index contributed by atoms with van der Waals surface area (Å²) in [5, 5.41) is 14.1. The summed E-state index contributed by atoms with van der Waals surface area (Å²) >= 11 is 0. The predicted octanol–water partition coefficient (Wildman–Crippen LogP) is 3.80. The number of methoxy groups -OCH3 is 2. The van der Waals surface area contributed by atoms with Crippen LogP contribution in [0.5, 0.6) is 11.5 Å². The number of anilines is 3. The van der Waals surface area contributed by atoms with Crippen molar-refractivity contribution in [2.24, 2.45) is 0 Å². The molecule has 0 unspecified atom stereocenters. The van der Waals surface area contributed by atoms with Gasteiger partial charge in [0.05, 0.1) is 19.9 Å². The molecule has 0 atom stereocenters. The zero-order chi connectivity index (χ0) is 19.2. The molecule has 0 aliphatic carbocycles. The van der Waals surface area contributed by atoms with Gasteiger partial charge in [-0.2, -0.15) is 5.10 Å². The van der Waals surface area contributed by atoms with Crippen LogP contribution in [0.4, 0.5) is 17.2 Å². The molecule has 1 aromatic heterocycles. The van der Waals surface area contributed by atoms with Gasteiger partial charge in [0.15, 0.2) is 5.82 Å². The van der Waals surface area contributed by atoms with Crippen LogP contribution in [0.15, 0.2) is 54.6 Å². The van der Waals surface area contributed by atoms with Gasteiger partial charge in [-0.05, 0) is 55.5 Å². The van der Waals surface area contributed by atoms with E-state index in [1.165, 1.54) is 0 Å². The molecule has 138 valence electrons. The average Bonchev–Trinajstić information content (AvgIpc) is 2.70. The summed E-state index contributed by atoms with van der Waals surface area (Å²) in [6.45, 7) is 1.88. The molecule has 0 fully saturated rings. The summed E-state index contributed by atoms with van der Waals surface area (Å²) < 4.78 is 10.4. The van der Waals surface area contributed by atoms with Gasteiger partial charge in [0.2, 0.25) is 0 Å². The van der Waals surface area contributed by atoms with E-state index >= 15 is 0 Å². The van der Waals surface area contributed by atoms with Crippen LogP contribution in [0.3, 0.4) is 0 Å². The molecular formula is C20H20N4O3. The van der Waals surface area contributed by atoms with Gasteiger partial charge in [0.25, 0.3) is 5.91 Å². The second kappa shape index (κ2) is 8.18. The molecule has 1 amide bonds. The summed E-state index contributed by atoms with van der Waals surface area (Å²) in [7, 11) is 3.08. The molecule has 0 saturated carbocycles. The van der Waals surface area contributed by atoms with Crippen molar-refractivity contribution in [3.05, 3.63) is 65.9 Å². The topological polar surface area (TPSA) is 85.4 Å². The second-order valence-corrected chi connectivity index (χ2v) is 5.82. The molecule has 7 nitrogen and oxygen atoms in total. The summed E-state index contributed by atoms with van der Waals surface area (Å²) in [6.07, 6.45) is 0. The van der Waals surface area contributed by atoms with Crippen molar-refractivity contribution in [2.45, 2.75) is 6.92 Å². The van der Waals surface area contributed by atoms with Gasteiger partial charge >= 0.3 is 0 Å². The third kappa shape index (κ3) is 4.72. The van der Waals surface area contributed by atoms with Gasteiger partial charge < -0.3 is 20.1 Å². The number of nitrogens with one attached hydrogen (secondary N) is 2. The Labute approximate surface area is 157 Å². The molecular weight excluding hydrogens is 344 g/mol. The lowest BCUT2D eigenvalue weighted by Crippen LogP contribution is -2.12. The first kappa shape index (κ1) is 18.2. The number of benzene rings is 2. The van der Waals surface area contributed by atoms with E-state index in [1.807, 2.05) is 31.2 Å². The molecule has 3 rings (SSSR count). The molecule has 0 aliphatic rings. The fourth-order valence-corrected chi connectivity index (χ4v) is 2.39. The maximum absolute atomic E-state index is 12.5. The Bertz CT molecular complexity index is 903. The normalized spacial score (nSPS) is 10.2. The molecule has 0 saturated heterocycles. The highest BCUT2D eigenvalue weighted by molar-refractivity contribution is 6.04. The lowest BCUT2D eigenvalue weighted by Gasteiger charge is -2.10. The molecule has 0 radical (unpaired) electrons.